The van der Waals surface area contributed by atoms with Gasteiger partial charge in [0.1, 0.15) is 0 Å². The number of hydrogen-bond acceptors (Lipinski definition) is 5. The number of nitrogens with one attached hydrogen (secondary N) is 2. The molecule has 2 rings (SSSR count). The molecule has 0 aliphatic rings. The third-order valence-electron chi connectivity index (χ3n) is 3.77. The van der Waals surface area contributed by atoms with Crippen molar-refractivity contribution in [3.05, 3.63) is 47.0 Å². The van der Waals surface area contributed by atoms with Crippen LogP contribution in [-0.4, -0.2) is 22.0 Å². The highest BCUT2D eigenvalue weighted by atomic mass is 32.1. The van der Waals surface area contributed by atoms with Crippen molar-refractivity contribution in [2.24, 2.45) is 5.92 Å². The van der Waals surface area contributed by atoms with E-state index in [-0.39, 0.29) is 24.6 Å². The molecule has 2 atom stereocenters. The van der Waals surface area contributed by atoms with E-state index < -0.39 is 0 Å². The zero-order valence-electron chi connectivity index (χ0n) is 14.3. The minimum absolute atomic E-state index is 0.00212. The summed E-state index contributed by atoms with van der Waals surface area (Å²) in [6.07, 6.45) is 2.41. The summed E-state index contributed by atoms with van der Waals surface area (Å²) in [5.41, 5.74) is 1.92. The minimum Gasteiger partial charge on any atom is -0.392 e. The van der Waals surface area contributed by atoms with E-state index in [4.69, 9.17) is 0 Å². The number of nitrogens with zero attached hydrogens (tertiary/aromatic N) is 1. The smallest absolute Gasteiger partial charge is 0.243 e. The molecule has 6 heteroatoms. The van der Waals surface area contributed by atoms with Crippen molar-refractivity contribution in [1.82, 2.24) is 10.3 Å². The first-order chi connectivity index (χ1) is 11.5. The predicted octanol–water partition coefficient (Wildman–Crippen LogP) is 3.34. The summed E-state index contributed by atoms with van der Waals surface area (Å²) in [7, 11) is 0. The third-order valence-corrected chi connectivity index (χ3v) is 4.46. The van der Waals surface area contributed by atoms with Crippen LogP contribution in [0.5, 0.6) is 0 Å². The van der Waals surface area contributed by atoms with E-state index in [9.17, 15) is 9.90 Å². The molecule has 0 saturated carbocycles. The molecule has 0 bridgehead atoms. The molecule has 0 aliphatic heterocycles. The topological polar surface area (TPSA) is 74.2 Å². The van der Waals surface area contributed by atoms with Crippen LogP contribution < -0.4 is 10.6 Å². The van der Waals surface area contributed by atoms with Gasteiger partial charge in [0.05, 0.1) is 12.6 Å². The van der Waals surface area contributed by atoms with E-state index in [2.05, 4.69) is 29.5 Å². The van der Waals surface area contributed by atoms with Gasteiger partial charge in [-0.3, -0.25) is 10.1 Å². The number of aliphatic hydroxyl groups excluding tert-OH is 1. The zero-order chi connectivity index (χ0) is 17.5. The number of carbonyl (C=O) groups excluding carboxylic acids is 1. The number of carbonyl (C=O) groups is 1. The molecule has 1 aromatic heterocycles. The Hall–Kier alpha value is -1.76. The lowest BCUT2D eigenvalue weighted by molar-refractivity contribution is -0.118. The zero-order valence-corrected chi connectivity index (χ0v) is 15.1. The van der Waals surface area contributed by atoms with Crippen LogP contribution in [0.25, 0.3) is 0 Å². The average molecular weight is 347 g/mol. The van der Waals surface area contributed by atoms with Crippen LogP contribution in [0.3, 0.4) is 0 Å². The largest absolute Gasteiger partial charge is 0.392 e. The van der Waals surface area contributed by atoms with Gasteiger partial charge >= 0.3 is 0 Å². The van der Waals surface area contributed by atoms with Crippen molar-refractivity contribution >= 4 is 22.4 Å². The number of rotatable bonds is 8. The Morgan fingerprint density at radius 2 is 2.12 bits per heavy atom. The molecule has 130 valence electrons. The second-order valence-electron chi connectivity index (χ2n) is 6.30. The molecular weight excluding hydrogens is 322 g/mol. The van der Waals surface area contributed by atoms with Gasteiger partial charge in [-0.25, -0.2) is 4.98 Å². The fraction of sp³-hybridized carbons (Fsp3) is 0.444. The maximum atomic E-state index is 12.6. The lowest BCUT2D eigenvalue weighted by Crippen LogP contribution is -2.42. The number of amides is 1. The molecule has 0 spiro atoms. The first-order valence-corrected chi connectivity index (χ1v) is 9.03. The second kappa shape index (κ2) is 8.92. The monoisotopic (exact) mass is 347 g/mol. The molecule has 1 amide bonds. The van der Waals surface area contributed by atoms with Crippen LogP contribution in [0.1, 0.15) is 44.4 Å². The van der Waals surface area contributed by atoms with E-state index >= 15 is 0 Å². The van der Waals surface area contributed by atoms with Gasteiger partial charge in [-0.15, -0.1) is 11.3 Å². The average Bonchev–Trinajstić information content (AvgIpc) is 3.06. The Morgan fingerprint density at radius 3 is 2.75 bits per heavy atom. The van der Waals surface area contributed by atoms with Crippen LogP contribution in [0.2, 0.25) is 0 Å². The number of benzene rings is 1. The maximum Gasteiger partial charge on any atom is 0.243 e. The summed E-state index contributed by atoms with van der Waals surface area (Å²) in [5.74, 6) is 0.323. The lowest BCUT2D eigenvalue weighted by Gasteiger charge is -2.24. The summed E-state index contributed by atoms with van der Waals surface area (Å²) in [6.45, 7) is 6.24. The second-order valence-corrected chi connectivity index (χ2v) is 7.19. The van der Waals surface area contributed by atoms with Gasteiger partial charge in [0.25, 0.3) is 0 Å². The molecule has 0 aliphatic carbocycles. The molecule has 0 radical (unpaired) electrons. The molecule has 3 N–H and O–H groups in total. The molecular formula is C18H25N3O2S. The van der Waals surface area contributed by atoms with Crippen molar-refractivity contribution in [2.45, 2.75) is 45.9 Å². The van der Waals surface area contributed by atoms with Gasteiger partial charge in [0.2, 0.25) is 5.91 Å². The highest BCUT2D eigenvalue weighted by molar-refractivity contribution is 7.13. The summed E-state index contributed by atoms with van der Waals surface area (Å²) < 4.78 is 0. The van der Waals surface area contributed by atoms with Gasteiger partial charge in [0.15, 0.2) is 5.13 Å². The Morgan fingerprint density at radius 1 is 1.33 bits per heavy atom. The number of hydrogen-bond donors (Lipinski definition) is 3. The maximum absolute atomic E-state index is 12.6. The SMILES string of the molecule is CC(C)CC(NC(C)c1cccc(CO)c1)C(=O)Nc1nccs1. The third kappa shape index (κ3) is 5.40. The van der Waals surface area contributed by atoms with Crippen molar-refractivity contribution < 1.29 is 9.90 Å². The van der Waals surface area contributed by atoms with Crippen molar-refractivity contribution in [3.8, 4) is 0 Å². The molecule has 5 nitrogen and oxygen atoms in total. The molecule has 1 heterocycles. The van der Waals surface area contributed by atoms with E-state index in [1.807, 2.05) is 36.6 Å². The van der Waals surface area contributed by atoms with Crippen LogP contribution in [-0.2, 0) is 11.4 Å². The van der Waals surface area contributed by atoms with Crippen LogP contribution in [0.15, 0.2) is 35.8 Å². The Balaban J connectivity index is 2.07. The molecule has 2 unspecified atom stereocenters. The van der Waals surface area contributed by atoms with Gasteiger partial charge in [-0.1, -0.05) is 38.1 Å². The summed E-state index contributed by atoms with van der Waals surface area (Å²) >= 11 is 1.41. The van der Waals surface area contributed by atoms with Crippen LogP contribution in [0, 0.1) is 5.92 Å². The molecule has 0 fully saturated rings. The van der Waals surface area contributed by atoms with Gasteiger partial charge in [-0.2, -0.15) is 0 Å². The minimum atomic E-state index is -0.304. The normalized spacial score (nSPS) is 13.7. The standard InChI is InChI=1S/C18H25N3O2S/c1-12(2)9-16(17(23)21-18-19-7-8-24-18)20-13(3)15-6-4-5-14(10-15)11-22/h4-8,10,12-13,16,20,22H,9,11H2,1-3H3,(H,19,21,23). The number of anilines is 1. The van der Waals surface area contributed by atoms with E-state index in [1.54, 1.807) is 6.20 Å². The summed E-state index contributed by atoms with van der Waals surface area (Å²) in [5, 5.41) is 18.0. The highest BCUT2D eigenvalue weighted by Gasteiger charge is 2.23. The lowest BCUT2D eigenvalue weighted by atomic mass is 10.00. The van der Waals surface area contributed by atoms with Crippen molar-refractivity contribution in [2.75, 3.05) is 5.32 Å². The van der Waals surface area contributed by atoms with Gasteiger partial charge < -0.3 is 10.4 Å². The number of aliphatic hydroxyl groups is 1. The quantitative estimate of drug-likeness (QED) is 0.685. The van der Waals surface area contributed by atoms with E-state index in [0.717, 1.165) is 17.5 Å². The van der Waals surface area contributed by atoms with Gasteiger partial charge in [-0.05, 0) is 30.4 Å². The van der Waals surface area contributed by atoms with Crippen LogP contribution >= 0.6 is 11.3 Å². The number of thiazole rings is 1. The molecule has 1 aromatic carbocycles. The first-order valence-electron chi connectivity index (χ1n) is 8.15. The van der Waals surface area contributed by atoms with E-state index in [1.165, 1.54) is 11.3 Å². The fourth-order valence-electron chi connectivity index (χ4n) is 2.56. The molecule has 0 saturated heterocycles. The highest BCUT2D eigenvalue weighted by Crippen LogP contribution is 2.18. The number of aromatic nitrogens is 1. The Labute approximate surface area is 147 Å². The van der Waals surface area contributed by atoms with Crippen molar-refractivity contribution in [1.29, 1.82) is 0 Å². The molecule has 24 heavy (non-hydrogen) atoms. The Kier molecular flexibility index (Phi) is 6.90. The van der Waals surface area contributed by atoms with Gasteiger partial charge in [0, 0.05) is 17.6 Å². The molecule has 2 aromatic rings. The van der Waals surface area contributed by atoms with Crippen molar-refractivity contribution in [3.63, 3.8) is 0 Å². The van der Waals surface area contributed by atoms with E-state index in [0.29, 0.717) is 11.0 Å². The fourth-order valence-corrected chi connectivity index (χ4v) is 3.09. The predicted molar refractivity (Wildman–Crippen MR) is 97.9 cm³/mol. The first kappa shape index (κ1) is 18.6. The Bertz CT molecular complexity index is 643. The summed E-state index contributed by atoms with van der Waals surface area (Å²) in [6, 6.07) is 7.47. The summed E-state index contributed by atoms with van der Waals surface area (Å²) in [4.78, 5) is 16.7. The van der Waals surface area contributed by atoms with Crippen LogP contribution in [0.4, 0.5) is 5.13 Å².